The first-order valence-electron chi connectivity index (χ1n) is 7.80. The SMILES string of the molecule is Cc1cccc(C2CCCN(C(=O)CNC3CC3)C2)c1. The molecule has 1 aromatic carbocycles. The lowest BCUT2D eigenvalue weighted by Gasteiger charge is -2.33. The van der Waals surface area contributed by atoms with Gasteiger partial charge in [0.2, 0.25) is 5.91 Å². The van der Waals surface area contributed by atoms with Crippen molar-refractivity contribution in [1.29, 1.82) is 0 Å². The smallest absolute Gasteiger partial charge is 0.236 e. The summed E-state index contributed by atoms with van der Waals surface area (Å²) in [6, 6.07) is 9.33. The summed E-state index contributed by atoms with van der Waals surface area (Å²) in [7, 11) is 0. The summed E-state index contributed by atoms with van der Waals surface area (Å²) in [5.74, 6) is 0.780. The Labute approximate surface area is 121 Å². The fourth-order valence-electron chi connectivity index (χ4n) is 3.03. The lowest BCUT2D eigenvalue weighted by molar-refractivity contribution is -0.131. The van der Waals surface area contributed by atoms with Gasteiger partial charge in [0.1, 0.15) is 0 Å². The first-order chi connectivity index (χ1) is 9.72. The number of hydrogen-bond acceptors (Lipinski definition) is 2. The highest BCUT2D eigenvalue weighted by molar-refractivity contribution is 5.78. The van der Waals surface area contributed by atoms with Gasteiger partial charge in [-0.2, -0.15) is 0 Å². The molecule has 0 bridgehead atoms. The molecular formula is C17H24N2O. The third-order valence-electron chi connectivity index (χ3n) is 4.41. The predicted octanol–water partition coefficient (Wildman–Crippen LogP) is 2.45. The standard InChI is InChI=1S/C17H24N2O/c1-13-4-2-5-14(10-13)15-6-3-9-19(12-15)17(20)11-18-16-7-8-16/h2,4-5,10,15-16,18H,3,6-9,11-12H2,1H3. The van der Waals surface area contributed by atoms with Crippen LogP contribution >= 0.6 is 0 Å². The number of nitrogens with zero attached hydrogens (tertiary/aromatic N) is 1. The second kappa shape index (κ2) is 5.96. The minimum absolute atomic E-state index is 0.272. The van der Waals surface area contributed by atoms with E-state index in [1.54, 1.807) is 0 Å². The minimum Gasteiger partial charge on any atom is -0.341 e. The van der Waals surface area contributed by atoms with E-state index in [1.165, 1.54) is 30.4 Å². The van der Waals surface area contributed by atoms with E-state index in [1.807, 2.05) is 4.90 Å². The Morgan fingerprint density at radius 3 is 2.95 bits per heavy atom. The molecule has 1 saturated heterocycles. The zero-order valence-electron chi connectivity index (χ0n) is 12.3. The van der Waals surface area contributed by atoms with E-state index in [9.17, 15) is 4.79 Å². The molecule has 0 spiro atoms. The number of piperidine rings is 1. The quantitative estimate of drug-likeness (QED) is 0.913. The van der Waals surface area contributed by atoms with E-state index < -0.39 is 0 Å². The fourth-order valence-corrected chi connectivity index (χ4v) is 3.03. The Bertz CT molecular complexity index is 482. The maximum absolute atomic E-state index is 12.2. The first-order valence-corrected chi connectivity index (χ1v) is 7.80. The molecule has 3 nitrogen and oxygen atoms in total. The molecule has 0 radical (unpaired) electrons. The molecule has 2 fully saturated rings. The van der Waals surface area contributed by atoms with Crippen LogP contribution in [0.25, 0.3) is 0 Å². The van der Waals surface area contributed by atoms with Crippen molar-refractivity contribution in [3.05, 3.63) is 35.4 Å². The summed E-state index contributed by atoms with van der Waals surface area (Å²) in [6.07, 6.45) is 4.79. The van der Waals surface area contributed by atoms with Crippen molar-refractivity contribution in [2.24, 2.45) is 0 Å². The molecular weight excluding hydrogens is 248 g/mol. The summed E-state index contributed by atoms with van der Waals surface area (Å²) in [5, 5.41) is 3.33. The monoisotopic (exact) mass is 272 g/mol. The molecule has 3 heteroatoms. The average molecular weight is 272 g/mol. The molecule has 3 rings (SSSR count). The van der Waals surface area contributed by atoms with Gasteiger partial charge in [-0.25, -0.2) is 0 Å². The van der Waals surface area contributed by atoms with Gasteiger partial charge < -0.3 is 10.2 Å². The molecule has 1 amide bonds. The van der Waals surface area contributed by atoms with Gasteiger partial charge in [-0.15, -0.1) is 0 Å². The molecule has 1 aliphatic carbocycles. The van der Waals surface area contributed by atoms with Crippen LogP contribution in [-0.2, 0) is 4.79 Å². The maximum Gasteiger partial charge on any atom is 0.236 e. The van der Waals surface area contributed by atoms with E-state index in [-0.39, 0.29) is 5.91 Å². The third-order valence-corrected chi connectivity index (χ3v) is 4.41. The van der Waals surface area contributed by atoms with E-state index in [0.717, 1.165) is 19.5 Å². The van der Waals surface area contributed by atoms with Crippen LogP contribution in [0.1, 0.15) is 42.7 Å². The molecule has 2 aliphatic rings. The van der Waals surface area contributed by atoms with Crippen LogP contribution < -0.4 is 5.32 Å². The van der Waals surface area contributed by atoms with Crippen molar-refractivity contribution >= 4 is 5.91 Å². The maximum atomic E-state index is 12.2. The summed E-state index contributed by atoms with van der Waals surface area (Å²) in [4.78, 5) is 14.3. The number of hydrogen-bond donors (Lipinski definition) is 1. The van der Waals surface area contributed by atoms with Crippen LogP contribution in [0.5, 0.6) is 0 Å². The predicted molar refractivity (Wildman–Crippen MR) is 80.8 cm³/mol. The molecule has 1 unspecified atom stereocenters. The lowest BCUT2D eigenvalue weighted by atomic mass is 9.90. The molecule has 20 heavy (non-hydrogen) atoms. The van der Waals surface area contributed by atoms with Crippen molar-refractivity contribution in [2.75, 3.05) is 19.6 Å². The van der Waals surface area contributed by atoms with Crippen LogP contribution in [-0.4, -0.2) is 36.5 Å². The average Bonchev–Trinajstić information content (AvgIpc) is 3.29. The minimum atomic E-state index is 0.272. The van der Waals surface area contributed by atoms with Gasteiger partial charge in [-0.05, 0) is 38.2 Å². The van der Waals surface area contributed by atoms with E-state index in [4.69, 9.17) is 0 Å². The normalized spacial score (nSPS) is 22.9. The van der Waals surface area contributed by atoms with Gasteiger partial charge in [-0.1, -0.05) is 29.8 Å². The molecule has 1 heterocycles. The zero-order valence-corrected chi connectivity index (χ0v) is 12.3. The topological polar surface area (TPSA) is 32.3 Å². The largest absolute Gasteiger partial charge is 0.341 e. The summed E-state index contributed by atoms with van der Waals surface area (Å²) in [5.41, 5.74) is 2.69. The number of aryl methyl sites for hydroxylation is 1. The molecule has 1 atom stereocenters. The highest BCUT2D eigenvalue weighted by Gasteiger charge is 2.26. The zero-order chi connectivity index (χ0) is 13.9. The summed E-state index contributed by atoms with van der Waals surface area (Å²) < 4.78 is 0. The highest BCUT2D eigenvalue weighted by Crippen LogP contribution is 2.27. The Hall–Kier alpha value is -1.35. The van der Waals surface area contributed by atoms with Gasteiger partial charge in [0.25, 0.3) is 0 Å². The Kier molecular flexibility index (Phi) is 4.06. The first kappa shape index (κ1) is 13.6. The molecule has 1 aliphatic heterocycles. The molecule has 0 aromatic heterocycles. The van der Waals surface area contributed by atoms with Crippen LogP contribution in [0.3, 0.4) is 0 Å². The summed E-state index contributed by atoms with van der Waals surface area (Å²) in [6.45, 7) is 4.46. The van der Waals surface area contributed by atoms with Gasteiger partial charge >= 0.3 is 0 Å². The van der Waals surface area contributed by atoms with Gasteiger partial charge in [-0.3, -0.25) is 4.79 Å². The van der Waals surface area contributed by atoms with Crippen molar-refractivity contribution in [3.8, 4) is 0 Å². The van der Waals surface area contributed by atoms with E-state index >= 15 is 0 Å². The highest BCUT2D eigenvalue weighted by atomic mass is 16.2. The second-order valence-electron chi connectivity index (χ2n) is 6.25. The Balaban J connectivity index is 1.59. The van der Waals surface area contributed by atoms with Gasteiger partial charge in [0, 0.05) is 25.0 Å². The number of nitrogens with one attached hydrogen (secondary N) is 1. The number of carbonyl (C=O) groups is 1. The Morgan fingerprint density at radius 1 is 1.35 bits per heavy atom. The molecule has 1 saturated carbocycles. The third kappa shape index (κ3) is 3.40. The number of carbonyl (C=O) groups excluding carboxylic acids is 1. The van der Waals surface area contributed by atoms with E-state index in [0.29, 0.717) is 18.5 Å². The number of likely N-dealkylation sites (tertiary alicyclic amines) is 1. The van der Waals surface area contributed by atoms with Crippen molar-refractivity contribution in [1.82, 2.24) is 10.2 Å². The van der Waals surface area contributed by atoms with Crippen LogP contribution in [0.2, 0.25) is 0 Å². The fraction of sp³-hybridized carbons (Fsp3) is 0.588. The van der Waals surface area contributed by atoms with Gasteiger partial charge in [0.15, 0.2) is 0 Å². The van der Waals surface area contributed by atoms with Crippen LogP contribution in [0.15, 0.2) is 24.3 Å². The lowest BCUT2D eigenvalue weighted by Crippen LogP contribution is -2.43. The van der Waals surface area contributed by atoms with Crippen LogP contribution in [0, 0.1) is 6.92 Å². The van der Waals surface area contributed by atoms with Crippen molar-refractivity contribution in [2.45, 2.75) is 44.6 Å². The molecule has 108 valence electrons. The number of benzene rings is 1. The molecule has 1 N–H and O–H groups in total. The number of rotatable bonds is 4. The molecule has 1 aromatic rings. The van der Waals surface area contributed by atoms with Crippen molar-refractivity contribution < 1.29 is 4.79 Å². The number of amides is 1. The Morgan fingerprint density at radius 2 is 2.20 bits per heavy atom. The van der Waals surface area contributed by atoms with Gasteiger partial charge in [0.05, 0.1) is 6.54 Å². The van der Waals surface area contributed by atoms with Crippen molar-refractivity contribution in [3.63, 3.8) is 0 Å². The van der Waals surface area contributed by atoms with Crippen LogP contribution in [0.4, 0.5) is 0 Å². The second-order valence-corrected chi connectivity index (χ2v) is 6.25. The van der Waals surface area contributed by atoms with E-state index in [2.05, 4.69) is 36.5 Å². The summed E-state index contributed by atoms with van der Waals surface area (Å²) >= 11 is 0.